The van der Waals surface area contributed by atoms with Crippen LogP contribution in [0.4, 0.5) is 4.79 Å². The van der Waals surface area contributed by atoms with Crippen molar-refractivity contribution >= 4 is 17.6 Å². The van der Waals surface area contributed by atoms with Crippen LogP contribution < -0.4 is 0 Å². The number of carbonyl (C=O) groups excluding carboxylic acids is 2. The van der Waals surface area contributed by atoms with E-state index in [1.807, 2.05) is 51.1 Å². The first-order chi connectivity index (χ1) is 11.8. The van der Waals surface area contributed by atoms with Gasteiger partial charge in [0.05, 0.1) is 12.2 Å². The lowest BCUT2D eigenvalue weighted by Crippen LogP contribution is -2.40. The van der Waals surface area contributed by atoms with Gasteiger partial charge in [0.1, 0.15) is 5.60 Å². The summed E-state index contributed by atoms with van der Waals surface area (Å²) in [4.78, 5) is 26.4. The Kier molecular flexibility index (Phi) is 6.23. The smallest absolute Gasteiger partial charge is 0.410 e. The van der Waals surface area contributed by atoms with Gasteiger partial charge in [-0.1, -0.05) is 35.9 Å². The number of hydrogen-bond donors (Lipinski definition) is 0. The summed E-state index contributed by atoms with van der Waals surface area (Å²) in [7, 11) is 0. The Balaban J connectivity index is 2.17. The molecule has 0 radical (unpaired) electrons. The highest BCUT2D eigenvalue weighted by Crippen LogP contribution is 2.28. The van der Waals surface area contributed by atoms with E-state index in [1.54, 1.807) is 11.8 Å². The highest BCUT2D eigenvalue weighted by Gasteiger charge is 2.27. The second-order valence-corrected chi connectivity index (χ2v) is 7.03. The molecule has 5 nitrogen and oxygen atoms in total. The van der Waals surface area contributed by atoms with Gasteiger partial charge in [-0.15, -0.1) is 0 Å². The fourth-order valence-corrected chi connectivity index (χ4v) is 2.81. The average molecular weight is 345 g/mol. The van der Waals surface area contributed by atoms with Crippen LogP contribution in [0.2, 0.25) is 0 Å². The summed E-state index contributed by atoms with van der Waals surface area (Å²) >= 11 is 0. The van der Waals surface area contributed by atoms with E-state index in [1.165, 1.54) is 0 Å². The lowest BCUT2D eigenvalue weighted by molar-refractivity contribution is -0.136. The maximum Gasteiger partial charge on any atom is 0.410 e. The molecule has 1 fully saturated rings. The Morgan fingerprint density at radius 3 is 2.20 bits per heavy atom. The first-order valence-electron chi connectivity index (χ1n) is 8.74. The monoisotopic (exact) mass is 345 g/mol. The van der Waals surface area contributed by atoms with Crippen molar-refractivity contribution < 1.29 is 19.1 Å². The van der Waals surface area contributed by atoms with E-state index in [9.17, 15) is 9.59 Å². The number of carbonyl (C=O) groups is 2. The molecule has 1 aromatic rings. The number of benzene rings is 1. The molecule has 0 unspecified atom stereocenters. The first kappa shape index (κ1) is 19.0. The summed E-state index contributed by atoms with van der Waals surface area (Å²) in [5, 5.41) is 0. The van der Waals surface area contributed by atoms with Crippen LogP contribution in [0.15, 0.2) is 35.9 Å². The molecule has 0 spiro atoms. The number of nitrogens with zero attached hydrogens (tertiary/aromatic N) is 1. The molecular weight excluding hydrogens is 318 g/mol. The Morgan fingerprint density at radius 2 is 1.68 bits per heavy atom. The van der Waals surface area contributed by atoms with Crippen molar-refractivity contribution in [3.63, 3.8) is 0 Å². The molecule has 25 heavy (non-hydrogen) atoms. The molecule has 1 aliphatic heterocycles. The van der Waals surface area contributed by atoms with Crippen molar-refractivity contribution in [1.29, 1.82) is 0 Å². The standard InChI is InChI=1S/C20H27NO4/c1-5-24-18(22)17(15-9-7-6-8-10-15)16-11-13-21(14-12-16)19(23)25-20(2,3)4/h6-10H,5,11-14H2,1-4H3. The lowest BCUT2D eigenvalue weighted by Gasteiger charge is -2.31. The van der Waals surface area contributed by atoms with Gasteiger partial charge in [-0.2, -0.15) is 0 Å². The van der Waals surface area contributed by atoms with Gasteiger partial charge < -0.3 is 14.4 Å². The predicted octanol–water partition coefficient (Wildman–Crippen LogP) is 4.03. The molecule has 1 aliphatic rings. The molecule has 1 saturated heterocycles. The van der Waals surface area contributed by atoms with E-state index in [0.717, 1.165) is 11.1 Å². The van der Waals surface area contributed by atoms with Crippen LogP contribution in [-0.4, -0.2) is 42.3 Å². The minimum Gasteiger partial charge on any atom is -0.462 e. The van der Waals surface area contributed by atoms with E-state index in [-0.39, 0.29) is 12.1 Å². The fraction of sp³-hybridized carbons (Fsp3) is 0.500. The summed E-state index contributed by atoms with van der Waals surface area (Å²) in [6.07, 6.45) is 0.980. The number of esters is 1. The molecule has 0 aromatic heterocycles. The second-order valence-electron chi connectivity index (χ2n) is 7.03. The maximum atomic E-state index is 12.5. The number of ether oxygens (including phenoxy) is 2. The van der Waals surface area contributed by atoms with Gasteiger partial charge in [-0.25, -0.2) is 9.59 Å². The molecule has 0 saturated carbocycles. The molecule has 0 aliphatic carbocycles. The fourth-order valence-electron chi connectivity index (χ4n) is 2.81. The Hall–Kier alpha value is -2.30. The highest BCUT2D eigenvalue weighted by atomic mass is 16.6. The highest BCUT2D eigenvalue weighted by molar-refractivity contribution is 6.17. The van der Waals surface area contributed by atoms with Gasteiger partial charge >= 0.3 is 12.1 Å². The molecular formula is C20H27NO4. The van der Waals surface area contributed by atoms with Gasteiger partial charge in [0.15, 0.2) is 0 Å². The van der Waals surface area contributed by atoms with Crippen LogP contribution in [0.5, 0.6) is 0 Å². The number of amides is 1. The molecule has 0 N–H and O–H groups in total. The van der Waals surface area contributed by atoms with Crippen molar-refractivity contribution in [1.82, 2.24) is 4.90 Å². The molecule has 5 heteroatoms. The van der Waals surface area contributed by atoms with Crippen LogP contribution in [0, 0.1) is 0 Å². The third kappa shape index (κ3) is 5.34. The normalized spacial score (nSPS) is 14.9. The lowest BCUT2D eigenvalue weighted by atomic mass is 9.93. The van der Waals surface area contributed by atoms with E-state index in [2.05, 4.69) is 0 Å². The topological polar surface area (TPSA) is 55.8 Å². The Bertz CT molecular complexity index is 633. The summed E-state index contributed by atoms with van der Waals surface area (Å²) in [5.74, 6) is -0.297. The van der Waals surface area contributed by atoms with E-state index < -0.39 is 5.60 Å². The van der Waals surface area contributed by atoms with Crippen molar-refractivity contribution in [2.24, 2.45) is 0 Å². The summed E-state index contributed by atoms with van der Waals surface area (Å²) in [6.45, 7) is 8.79. The zero-order chi connectivity index (χ0) is 18.4. The molecule has 0 bridgehead atoms. The number of hydrogen-bond acceptors (Lipinski definition) is 4. The number of piperidine rings is 1. The largest absolute Gasteiger partial charge is 0.462 e. The van der Waals surface area contributed by atoms with Gasteiger partial charge in [0.2, 0.25) is 0 Å². The average Bonchev–Trinajstić information content (AvgIpc) is 2.55. The van der Waals surface area contributed by atoms with Crippen molar-refractivity contribution in [3.05, 3.63) is 41.5 Å². The number of likely N-dealkylation sites (tertiary alicyclic amines) is 1. The van der Waals surface area contributed by atoms with Crippen molar-refractivity contribution in [2.75, 3.05) is 19.7 Å². The minimum absolute atomic E-state index is 0.297. The molecule has 2 rings (SSSR count). The minimum atomic E-state index is -0.507. The second kappa shape index (κ2) is 8.19. The summed E-state index contributed by atoms with van der Waals surface area (Å²) in [6, 6.07) is 9.57. The Morgan fingerprint density at radius 1 is 1.08 bits per heavy atom. The molecule has 1 heterocycles. The third-order valence-corrected chi connectivity index (χ3v) is 3.91. The SMILES string of the molecule is CCOC(=O)C(=C1CCN(C(=O)OC(C)(C)C)CC1)c1ccccc1. The van der Waals surface area contributed by atoms with Crippen LogP contribution >= 0.6 is 0 Å². The van der Waals surface area contributed by atoms with Crippen LogP contribution in [0.3, 0.4) is 0 Å². The quantitative estimate of drug-likeness (QED) is 0.613. The molecule has 136 valence electrons. The van der Waals surface area contributed by atoms with E-state index in [0.29, 0.717) is 38.1 Å². The zero-order valence-electron chi connectivity index (χ0n) is 15.5. The van der Waals surface area contributed by atoms with Gasteiger partial charge in [-0.3, -0.25) is 0 Å². The predicted molar refractivity (Wildman–Crippen MR) is 97.0 cm³/mol. The van der Waals surface area contributed by atoms with Gasteiger partial charge in [0, 0.05) is 13.1 Å². The zero-order valence-corrected chi connectivity index (χ0v) is 15.5. The summed E-state index contributed by atoms with van der Waals surface area (Å²) < 4.78 is 10.7. The molecule has 0 atom stereocenters. The number of rotatable bonds is 3. The van der Waals surface area contributed by atoms with Crippen molar-refractivity contribution in [3.8, 4) is 0 Å². The van der Waals surface area contributed by atoms with E-state index >= 15 is 0 Å². The molecule has 1 aromatic carbocycles. The van der Waals surface area contributed by atoms with Crippen molar-refractivity contribution in [2.45, 2.75) is 46.1 Å². The van der Waals surface area contributed by atoms with Gasteiger partial charge in [0.25, 0.3) is 0 Å². The maximum absolute atomic E-state index is 12.5. The van der Waals surface area contributed by atoms with E-state index in [4.69, 9.17) is 9.47 Å². The van der Waals surface area contributed by atoms with Crippen LogP contribution in [0.25, 0.3) is 5.57 Å². The van der Waals surface area contributed by atoms with Crippen LogP contribution in [-0.2, 0) is 14.3 Å². The Labute approximate surface area is 149 Å². The summed E-state index contributed by atoms with van der Waals surface area (Å²) in [5.41, 5.74) is 2.02. The third-order valence-electron chi connectivity index (χ3n) is 3.91. The first-order valence-corrected chi connectivity index (χ1v) is 8.74. The molecule has 1 amide bonds. The van der Waals surface area contributed by atoms with Crippen LogP contribution in [0.1, 0.15) is 46.1 Å². The van der Waals surface area contributed by atoms with Gasteiger partial charge in [-0.05, 0) is 46.1 Å².